The van der Waals surface area contributed by atoms with E-state index in [1.165, 1.54) is 24.3 Å². The molecule has 2 rings (SSSR count). The van der Waals surface area contributed by atoms with Gasteiger partial charge in [0.15, 0.2) is 6.61 Å². The Bertz CT molecular complexity index is 652. The summed E-state index contributed by atoms with van der Waals surface area (Å²) in [7, 11) is 1.49. The van der Waals surface area contributed by atoms with Crippen molar-refractivity contribution in [3.05, 3.63) is 36.0 Å². The maximum absolute atomic E-state index is 11.1. The zero-order valence-electron chi connectivity index (χ0n) is 10.0. The lowest BCUT2D eigenvalue weighted by molar-refractivity contribution is 0.285. The van der Waals surface area contributed by atoms with Gasteiger partial charge < -0.3 is 9.26 Å². The summed E-state index contributed by atoms with van der Waals surface area (Å²) in [5.41, 5.74) is 0. The number of aromatic nitrogens is 2. The first kappa shape index (κ1) is 13.8. The number of halogens is 1. The van der Waals surface area contributed by atoms with Gasteiger partial charge in [0.1, 0.15) is 5.75 Å². The van der Waals surface area contributed by atoms with Crippen LogP contribution in [0.2, 0.25) is 0 Å². The predicted octanol–water partition coefficient (Wildman–Crippen LogP) is 2.14. The van der Waals surface area contributed by atoms with Gasteiger partial charge in [0, 0.05) is 17.1 Å². The van der Waals surface area contributed by atoms with Crippen molar-refractivity contribution in [3.8, 4) is 5.75 Å². The van der Waals surface area contributed by atoms with Crippen molar-refractivity contribution in [1.29, 1.82) is 0 Å². The van der Waals surface area contributed by atoms with Crippen LogP contribution in [0.4, 0.5) is 0 Å². The lowest BCUT2D eigenvalue weighted by atomic mass is 10.3. The summed E-state index contributed by atoms with van der Waals surface area (Å²) in [6.45, 7) is 2.06. The number of aryl methyl sites for hydroxylation is 1. The predicted molar refractivity (Wildman–Crippen MR) is 67.5 cm³/mol. The third-order valence-corrected chi connectivity index (χ3v) is 3.66. The van der Waals surface area contributed by atoms with Gasteiger partial charge in [-0.2, -0.15) is 4.98 Å². The van der Waals surface area contributed by atoms with Crippen LogP contribution in [-0.4, -0.2) is 18.6 Å². The molecule has 0 atom stereocenters. The molecule has 0 aliphatic heterocycles. The number of nitrogens with zero attached hydrogens (tertiary/aromatic N) is 2. The molecular formula is C11H11ClN2O4S. The second kappa shape index (κ2) is 5.58. The number of hydrogen-bond acceptors (Lipinski definition) is 6. The molecule has 0 saturated heterocycles. The van der Waals surface area contributed by atoms with Gasteiger partial charge in [0.2, 0.25) is 11.7 Å². The Morgan fingerprint density at radius 1 is 1.32 bits per heavy atom. The van der Waals surface area contributed by atoms with Crippen molar-refractivity contribution in [2.75, 3.05) is 0 Å². The molecule has 19 heavy (non-hydrogen) atoms. The molecule has 1 aromatic heterocycles. The van der Waals surface area contributed by atoms with Crippen LogP contribution in [0.5, 0.6) is 5.75 Å². The van der Waals surface area contributed by atoms with E-state index in [0.29, 0.717) is 23.9 Å². The molecule has 2 aromatic rings. The fourth-order valence-corrected chi connectivity index (χ4v) is 2.11. The number of benzene rings is 1. The molecule has 0 aliphatic rings. The first-order valence-electron chi connectivity index (χ1n) is 5.48. The Morgan fingerprint density at radius 2 is 2.00 bits per heavy atom. The number of hydrogen-bond donors (Lipinski definition) is 0. The van der Waals surface area contributed by atoms with Crippen LogP contribution in [0.3, 0.4) is 0 Å². The van der Waals surface area contributed by atoms with E-state index in [1.54, 1.807) is 0 Å². The van der Waals surface area contributed by atoms with Gasteiger partial charge in [-0.25, -0.2) is 8.42 Å². The van der Waals surface area contributed by atoms with E-state index in [-0.39, 0.29) is 11.5 Å². The zero-order chi connectivity index (χ0) is 13.9. The van der Waals surface area contributed by atoms with Gasteiger partial charge >= 0.3 is 0 Å². The highest BCUT2D eigenvalue weighted by Crippen LogP contribution is 2.19. The third-order valence-electron chi connectivity index (χ3n) is 2.29. The van der Waals surface area contributed by atoms with Crippen molar-refractivity contribution in [1.82, 2.24) is 10.1 Å². The monoisotopic (exact) mass is 302 g/mol. The average molecular weight is 303 g/mol. The molecular weight excluding hydrogens is 292 g/mol. The summed E-state index contributed by atoms with van der Waals surface area (Å²) in [6, 6.07) is 5.75. The van der Waals surface area contributed by atoms with E-state index in [1.807, 2.05) is 6.92 Å². The Balaban J connectivity index is 2.00. The fraction of sp³-hybridized carbons (Fsp3) is 0.273. The first-order valence-corrected chi connectivity index (χ1v) is 7.79. The van der Waals surface area contributed by atoms with Crippen molar-refractivity contribution < 1.29 is 17.7 Å². The van der Waals surface area contributed by atoms with Crippen molar-refractivity contribution >= 4 is 19.7 Å². The van der Waals surface area contributed by atoms with Gasteiger partial charge in [0.05, 0.1) is 4.90 Å². The SMILES string of the molecule is CCc1nc(COc2ccc(S(=O)(=O)Cl)cc2)no1. The molecule has 6 nitrogen and oxygen atoms in total. The quantitative estimate of drug-likeness (QED) is 0.787. The van der Waals surface area contributed by atoms with E-state index < -0.39 is 9.05 Å². The summed E-state index contributed by atoms with van der Waals surface area (Å²) >= 11 is 0. The molecule has 1 heterocycles. The fourth-order valence-electron chi connectivity index (χ4n) is 1.34. The smallest absolute Gasteiger partial charge is 0.261 e. The third kappa shape index (κ3) is 3.68. The Kier molecular flexibility index (Phi) is 4.06. The van der Waals surface area contributed by atoms with Crippen LogP contribution in [0.25, 0.3) is 0 Å². The van der Waals surface area contributed by atoms with Crippen molar-refractivity contribution in [2.24, 2.45) is 0 Å². The highest BCUT2D eigenvalue weighted by atomic mass is 35.7. The maximum atomic E-state index is 11.1. The summed E-state index contributed by atoms with van der Waals surface area (Å²) in [5, 5.41) is 3.73. The van der Waals surface area contributed by atoms with Crippen LogP contribution in [0.1, 0.15) is 18.6 Å². The number of rotatable bonds is 5. The van der Waals surface area contributed by atoms with Crippen molar-refractivity contribution in [3.63, 3.8) is 0 Å². The Hall–Kier alpha value is -1.60. The molecule has 0 amide bonds. The van der Waals surface area contributed by atoms with Crippen LogP contribution in [-0.2, 0) is 22.1 Å². The van der Waals surface area contributed by atoms with Gasteiger partial charge in [-0.1, -0.05) is 12.1 Å². The molecule has 0 saturated carbocycles. The summed E-state index contributed by atoms with van der Waals surface area (Å²) in [4.78, 5) is 4.10. The van der Waals surface area contributed by atoms with Gasteiger partial charge in [-0.05, 0) is 24.3 Å². The van der Waals surface area contributed by atoms with E-state index in [0.717, 1.165) is 0 Å². The van der Waals surface area contributed by atoms with Crippen LogP contribution in [0, 0.1) is 0 Å². The standard InChI is InChI=1S/C11H11ClN2O4S/c1-2-11-13-10(14-18-11)7-17-8-3-5-9(6-4-8)19(12,15)16/h3-6H,2,7H2,1H3. The molecule has 0 unspecified atom stereocenters. The Labute approximate surface area is 114 Å². The minimum atomic E-state index is -3.71. The normalized spacial score (nSPS) is 11.5. The maximum Gasteiger partial charge on any atom is 0.261 e. The molecule has 0 aliphatic carbocycles. The molecule has 102 valence electrons. The lowest BCUT2D eigenvalue weighted by Gasteiger charge is -2.03. The molecule has 0 bridgehead atoms. The zero-order valence-corrected chi connectivity index (χ0v) is 11.6. The average Bonchev–Trinajstić information content (AvgIpc) is 2.84. The van der Waals surface area contributed by atoms with Gasteiger partial charge in [0.25, 0.3) is 9.05 Å². The Morgan fingerprint density at radius 3 is 2.53 bits per heavy atom. The molecule has 0 fully saturated rings. The highest BCUT2D eigenvalue weighted by Gasteiger charge is 2.10. The summed E-state index contributed by atoms with van der Waals surface area (Å²) in [6.07, 6.45) is 0.662. The molecule has 1 aromatic carbocycles. The first-order chi connectivity index (χ1) is 8.99. The highest BCUT2D eigenvalue weighted by molar-refractivity contribution is 8.13. The second-order valence-electron chi connectivity index (χ2n) is 3.66. The largest absolute Gasteiger partial charge is 0.485 e. The van der Waals surface area contributed by atoms with E-state index >= 15 is 0 Å². The van der Waals surface area contributed by atoms with Crippen LogP contribution < -0.4 is 4.74 Å². The summed E-state index contributed by atoms with van der Waals surface area (Å²) in [5.74, 6) is 1.47. The lowest BCUT2D eigenvalue weighted by Crippen LogP contribution is -1.98. The van der Waals surface area contributed by atoms with E-state index in [9.17, 15) is 8.42 Å². The summed E-state index contributed by atoms with van der Waals surface area (Å²) < 4.78 is 32.4. The van der Waals surface area contributed by atoms with E-state index in [4.69, 9.17) is 19.9 Å². The van der Waals surface area contributed by atoms with Crippen molar-refractivity contribution in [2.45, 2.75) is 24.8 Å². The van der Waals surface area contributed by atoms with Crippen LogP contribution in [0.15, 0.2) is 33.7 Å². The minimum Gasteiger partial charge on any atom is -0.485 e. The topological polar surface area (TPSA) is 82.3 Å². The second-order valence-corrected chi connectivity index (χ2v) is 6.22. The van der Waals surface area contributed by atoms with E-state index in [2.05, 4.69) is 10.1 Å². The van der Waals surface area contributed by atoms with Gasteiger partial charge in [-0.3, -0.25) is 0 Å². The number of ether oxygens (including phenoxy) is 1. The molecule has 0 N–H and O–H groups in total. The molecule has 0 radical (unpaired) electrons. The van der Waals surface area contributed by atoms with Crippen LogP contribution >= 0.6 is 10.7 Å². The van der Waals surface area contributed by atoms with Gasteiger partial charge in [-0.15, -0.1) is 0 Å². The minimum absolute atomic E-state index is 0.0225. The molecule has 8 heteroatoms. The molecule has 0 spiro atoms.